The van der Waals surface area contributed by atoms with Crippen molar-refractivity contribution in [2.75, 3.05) is 13.2 Å². The van der Waals surface area contributed by atoms with Crippen molar-refractivity contribution >= 4 is 0 Å². The molecule has 0 N–H and O–H groups in total. The average Bonchev–Trinajstić information content (AvgIpc) is 2.74. The molecule has 3 unspecified atom stereocenters. The fraction of sp³-hybridized carbons (Fsp3) is 0.714. The fourth-order valence-corrected chi connectivity index (χ4v) is 3.03. The van der Waals surface area contributed by atoms with Gasteiger partial charge in [0.1, 0.15) is 0 Å². The quantitative estimate of drug-likeness (QED) is 0.683. The Labute approximate surface area is 98.3 Å². The summed E-state index contributed by atoms with van der Waals surface area (Å²) in [6.45, 7) is 11.6. The van der Waals surface area contributed by atoms with Crippen molar-refractivity contribution in [3.63, 3.8) is 0 Å². The molecule has 1 aliphatic heterocycles. The highest BCUT2D eigenvalue weighted by atomic mass is 16.7. The maximum atomic E-state index is 5.87. The minimum absolute atomic E-state index is 0.408. The van der Waals surface area contributed by atoms with E-state index in [0.717, 1.165) is 32.5 Å². The molecule has 0 aromatic heterocycles. The molecule has 16 heavy (non-hydrogen) atoms. The summed E-state index contributed by atoms with van der Waals surface area (Å²) in [5.74, 6) is 1.09. The van der Waals surface area contributed by atoms with Crippen LogP contribution in [-0.2, 0) is 9.47 Å². The van der Waals surface area contributed by atoms with Gasteiger partial charge in [0.15, 0.2) is 5.79 Å². The van der Waals surface area contributed by atoms with Crippen molar-refractivity contribution in [3.8, 4) is 0 Å². The smallest absolute Gasteiger partial charge is 0.168 e. The van der Waals surface area contributed by atoms with E-state index in [0.29, 0.717) is 17.8 Å². The molecule has 0 radical (unpaired) electrons. The Balaban J connectivity index is 2.11. The third kappa shape index (κ3) is 2.09. The van der Waals surface area contributed by atoms with Gasteiger partial charge in [0.05, 0.1) is 13.2 Å². The van der Waals surface area contributed by atoms with Crippen molar-refractivity contribution in [3.05, 3.63) is 25.3 Å². The van der Waals surface area contributed by atoms with Gasteiger partial charge < -0.3 is 9.47 Å². The zero-order valence-corrected chi connectivity index (χ0v) is 10.2. The van der Waals surface area contributed by atoms with Crippen LogP contribution >= 0.6 is 0 Å². The summed E-state index contributed by atoms with van der Waals surface area (Å²) in [4.78, 5) is 0. The van der Waals surface area contributed by atoms with Gasteiger partial charge in [-0.3, -0.25) is 0 Å². The molecule has 0 aromatic carbocycles. The average molecular weight is 222 g/mol. The third-order valence-electron chi connectivity index (χ3n) is 4.02. The van der Waals surface area contributed by atoms with E-state index in [1.807, 2.05) is 0 Å². The molecule has 90 valence electrons. The molecule has 2 nitrogen and oxygen atoms in total. The summed E-state index contributed by atoms with van der Waals surface area (Å²) in [7, 11) is 0. The lowest BCUT2D eigenvalue weighted by atomic mass is 9.88. The summed E-state index contributed by atoms with van der Waals surface area (Å²) in [5.41, 5.74) is 0. The summed E-state index contributed by atoms with van der Waals surface area (Å²) in [5, 5.41) is 0. The van der Waals surface area contributed by atoms with Crippen LogP contribution in [0.5, 0.6) is 0 Å². The second-order valence-electron chi connectivity index (χ2n) is 5.04. The van der Waals surface area contributed by atoms with E-state index in [4.69, 9.17) is 9.47 Å². The Morgan fingerprint density at radius 2 is 1.81 bits per heavy atom. The second-order valence-corrected chi connectivity index (χ2v) is 5.04. The Morgan fingerprint density at radius 3 is 2.38 bits per heavy atom. The monoisotopic (exact) mass is 222 g/mol. The van der Waals surface area contributed by atoms with E-state index in [-0.39, 0.29) is 0 Å². The van der Waals surface area contributed by atoms with Gasteiger partial charge in [-0.05, 0) is 38.0 Å². The molecule has 2 aliphatic rings. The lowest BCUT2D eigenvalue weighted by Gasteiger charge is -2.40. The molecule has 3 atom stereocenters. The predicted octanol–water partition coefficient (Wildman–Crippen LogP) is 3.15. The largest absolute Gasteiger partial charge is 0.350 e. The first-order valence-electron chi connectivity index (χ1n) is 6.22. The lowest BCUT2D eigenvalue weighted by molar-refractivity contribution is -0.286. The molecule has 2 fully saturated rings. The summed E-state index contributed by atoms with van der Waals surface area (Å²) >= 11 is 0. The number of allylic oxidation sites excluding steroid dienone is 2. The van der Waals surface area contributed by atoms with Gasteiger partial charge in [-0.1, -0.05) is 12.2 Å². The standard InChI is InChI=1S/C14H22O2/c1-4-11-9-12(5-2)13(10-11)14(3)15-7-6-8-16-14/h4-5,11-13H,1-2,6-10H2,3H3. The first-order chi connectivity index (χ1) is 7.69. The topological polar surface area (TPSA) is 18.5 Å². The van der Waals surface area contributed by atoms with Gasteiger partial charge in [0.25, 0.3) is 0 Å². The van der Waals surface area contributed by atoms with Gasteiger partial charge in [-0.25, -0.2) is 0 Å². The number of rotatable bonds is 3. The van der Waals surface area contributed by atoms with Crippen LogP contribution in [0.1, 0.15) is 26.2 Å². The SMILES string of the molecule is C=CC1CC(C=C)C(C2(C)OCCCO2)C1. The number of ether oxygens (including phenoxy) is 2. The van der Waals surface area contributed by atoms with Crippen LogP contribution < -0.4 is 0 Å². The van der Waals surface area contributed by atoms with Crippen molar-refractivity contribution in [1.29, 1.82) is 0 Å². The molecular weight excluding hydrogens is 200 g/mol. The van der Waals surface area contributed by atoms with Crippen LogP contribution in [0.15, 0.2) is 25.3 Å². The number of hydrogen-bond acceptors (Lipinski definition) is 2. The van der Waals surface area contributed by atoms with Crippen LogP contribution in [0.2, 0.25) is 0 Å². The molecule has 0 aromatic rings. The normalized spacial score (nSPS) is 38.2. The van der Waals surface area contributed by atoms with E-state index in [1.54, 1.807) is 0 Å². The number of hydrogen-bond donors (Lipinski definition) is 0. The molecule has 2 heteroatoms. The Kier molecular flexibility index (Phi) is 3.50. The van der Waals surface area contributed by atoms with Crippen LogP contribution in [0.4, 0.5) is 0 Å². The van der Waals surface area contributed by atoms with Crippen molar-refractivity contribution in [2.24, 2.45) is 17.8 Å². The minimum atomic E-state index is -0.408. The zero-order valence-electron chi connectivity index (χ0n) is 10.2. The van der Waals surface area contributed by atoms with E-state index >= 15 is 0 Å². The van der Waals surface area contributed by atoms with Gasteiger partial charge >= 0.3 is 0 Å². The van der Waals surface area contributed by atoms with E-state index < -0.39 is 5.79 Å². The minimum Gasteiger partial charge on any atom is -0.350 e. The molecule has 0 spiro atoms. The Bertz CT molecular complexity index is 266. The fourth-order valence-electron chi connectivity index (χ4n) is 3.03. The molecule has 0 amide bonds. The summed E-state index contributed by atoms with van der Waals surface area (Å²) in [6.07, 6.45) is 7.37. The molecule has 0 bridgehead atoms. The molecular formula is C14H22O2. The highest BCUT2D eigenvalue weighted by Crippen LogP contribution is 2.46. The Morgan fingerprint density at radius 1 is 1.12 bits per heavy atom. The van der Waals surface area contributed by atoms with Crippen LogP contribution in [0.25, 0.3) is 0 Å². The highest BCUT2D eigenvalue weighted by molar-refractivity contribution is 5.02. The van der Waals surface area contributed by atoms with E-state index in [2.05, 4.69) is 32.2 Å². The van der Waals surface area contributed by atoms with Crippen molar-refractivity contribution < 1.29 is 9.47 Å². The molecule has 1 saturated carbocycles. The molecule has 1 heterocycles. The molecule has 1 saturated heterocycles. The summed E-state index contributed by atoms with van der Waals surface area (Å²) in [6, 6.07) is 0. The zero-order chi connectivity index (χ0) is 11.6. The van der Waals surface area contributed by atoms with Crippen molar-refractivity contribution in [1.82, 2.24) is 0 Å². The van der Waals surface area contributed by atoms with Gasteiger partial charge in [0, 0.05) is 5.92 Å². The maximum Gasteiger partial charge on any atom is 0.168 e. The molecule has 1 aliphatic carbocycles. The van der Waals surface area contributed by atoms with Gasteiger partial charge in [-0.15, -0.1) is 13.2 Å². The van der Waals surface area contributed by atoms with E-state index in [1.165, 1.54) is 0 Å². The van der Waals surface area contributed by atoms with E-state index in [9.17, 15) is 0 Å². The van der Waals surface area contributed by atoms with Crippen LogP contribution in [-0.4, -0.2) is 19.0 Å². The summed E-state index contributed by atoms with van der Waals surface area (Å²) < 4.78 is 11.7. The third-order valence-corrected chi connectivity index (χ3v) is 4.02. The predicted molar refractivity (Wildman–Crippen MR) is 65.0 cm³/mol. The first-order valence-corrected chi connectivity index (χ1v) is 6.22. The van der Waals surface area contributed by atoms with Gasteiger partial charge in [-0.2, -0.15) is 0 Å². The molecule has 2 rings (SSSR count). The van der Waals surface area contributed by atoms with Crippen LogP contribution in [0.3, 0.4) is 0 Å². The first kappa shape index (κ1) is 11.9. The highest BCUT2D eigenvalue weighted by Gasteiger charge is 2.46. The van der Waals surface area contributed by atoms with Crippen LogP contribution in [0, 0.1) is 17.8 Å². The second kappa shape index (κ2) is 4.72. The van der Waals surface area contributed by atoms with Gasteiger partial charge in [0.2, 0.25) is 0 Å². The lowest BCUT2D eigenvalue weighted by Crippen LogP contribution is -2.45. The maximum absolute atomic E-state index is 5.87. The van der Waals surface area contributed by atoms with Crippen molar-refractivity contribution in [2.45, 2.75) is 32.0 Å². The Hall–Kier alpha value is -0.600.